The van der Waals surface area contributed by atoms with Gasteiger partial charge in [-0.25, -0.2) is 0 Å². The standard InChI is InChI=1S/C17H24N2O3/c20-17(19-8-10-21-11-9-19)15-3-5-16(6-4-15)22-13-14-2-1-7-18-12-14/h3-6,14,18H,1-2,7-13H2/t14-/m0/s1. The third-order valence-electron chi connectivity index (χ3n) is 4.28. The lowest BCUT2D eigenvalue weighted by Crippen LogP contribution is -2.40. The molecular formula is C17H24N2O3. The van der Waals surface area contributed by atoms with Crippen molar-refractivity contribution in [3.8, 4) is 5.75 Å². The van der Waals surface area contributed by atoms with Gasteiger partial charge in [-0.2, -0.15) is 0 Å². The fourth-order valence-corrected chi connectivity index (χ4v) is 2.92. The van der Waals surface area contributed by atoms with E-state index in [9.17, 15) is 4.79 Å². The second-order valence-electron chi connectivity index (χ2n) is 5.95. The van der Waals surface area contributed by atoms with Crippen LogP contribution in [0, 0.1) is 5.92 Å². The summed E-state index contributed by atoms with van der Waals surface area (Å²) in [5.74, 6) is 1.50. The van der Waals surface area contributed by atoms with E-state index in [4.69, 9.17) is 9.47 Å². The van der Waals surface area contributed by atoms with Crippen molar-refractivity contribution in [3.63, 3.8) is 0 Å². The summed E-state index contributed by atoms with van der Waals surface area (Å²) in [7, 11) is 0. The number of nitrogens with zero attached hydrogens (tertiary/aromatic N) is 1. The van der Waals surface area contributed by atoms with Gasteiger partial charge >= 0.3 is 0 Å². The molecule has 1 aromatic rings. The number of benzene rings is 1. The third kappa shape index (κ3) is 3.99. The van der Waals surface area contributed by atoms with Gasteiger partial charge in [0.05, 0.1) is 19.8 Å². The number of hydrogen-bond donors (Lipinski definition) is 1. The van der Waals surface area contributed by atoms with E-state index in [1.165, 1.54) is 12.8 Å². The van der Waals surface area contributed by atoms with Crippen LogP contribution in [0.25, 0.3) is 0 Å². The minimum atomic E-state index is 0.0753. The number of rotatable bonds is 4. The Labute approximate surface area is 131 Å². The van der Waals surface area contributed by atoms with Gasteiger partial charge in [-0.3, -0.25) is 4.79 Å². The fourth-order valence-electron chi connectivity index (χ4n) is 2.92. The molecular weight excluding hydrogens is 280 g/mol. The molecule has 0 aliphatic carbocycles. The van der Waals surface area contributed by atoms with Crippen LogP contribution in [0.4, 0.5) is 0 Å². The van der Waals surface area contributed by atoms with Crippen molar-refractivity contribution in [2.75, 3.05) is 46.0 Å². The molecule has 2 aliphatic rings. The predicted molar refractivity (Wildman–Crippen MR) is 84.3 cm³/mol. The van der Waals surface area contributed by atoms with Crippen LogP contribution >= 0.6 is 0 Å². The van der Waals surface area contributed by atoms with Gasteiger partial charge in [-0.15, -0.1) is 0 Å². The summed E-state index contributed by atoms with van der Waals surface area (Å²) in [6.45, 7) is 5.49. The zero-order chi connectivity index (χ0) is 15.2. The molecule has 5 heteroatoms. The fraction of sp³-hybridized carbons (Fsp3) is 0.588. The molecule has 0 aromatic heterocycles. The van der Waals surface area contributed by atoms with Crippen molar-refractivity contribution < 1.29 is 14.3 Å². The number of nitrogens with one attached hydrogen (secondary N) is 1. The maximum atomic E-state index is 12.3. The lowest BCUT2D eigenvalue weighted by Gasteiger charge is -2.27. The third-order valence-corrected chi connectivity index (χ3v) is 4.28. The second-order valence-corrected chi connectivity index (χ2v) is 5.95. The number of amides is 1. The van der Waals surface area contributed by atoms with Gasteiger partial charge in [0.1, 0.15) is 5.75 Å². The first-order valence-electron chi connectivity index (χ1n) is 8.13. The molecule has 2 aliphatic heterocycles. The Morgan fingerprint density at radius 1 is 1.27 bits per heavy atom. The summed E-state index contributed by atoms with van der Waals surface area (Å²) in [6, 6.07) is 7.49. The first kappa shape index (κ1) is 15.3. The van der Waals surface area contributed by atoms with Gasteiger partial charge in [0.15, 0.2) is 0 Å². The van der Waals surface area contributed by atoms with E-state index in [1.807, 2.05) is 29.2 Å². The van der Waals surface area contributed by atoms with E-state index in [0.717, 1.165) is 25.4 Å². The van der Waals surface area contributed by atoms with Gasteiger partial charge in [0.2, 0.25) is 0 Å². The molecule has 2 fully saturated rings. The molecule has 5 nitrogen and oxygen atoms in total. The number of carbonyl (C=O) groups is 1. The molecule has 2 heterocycles. The van der Waals surface area contributed by atoms with Crippen molar-refractivity contribution in [1.29, 1.82) is 0 Å². The topological polar surface area (TPSA) is 50.8 Å². The van der Waals surface area contributed by atoms with Crippen LogP contribution in [0.15, 0.2) is 24.3 Å². The van der Waals surface area contributed by atoms with Crippen LogP contribution in [0.2, 0.25) is 0 Å². The normalized spacial score (nSPS) is 22.4. The molecule has 3 rings (SSSR count). The van der Waals surface area contributed by atoms with Crippen molar-refractivity contribution in [2.24, 2.45) is 5.92 Å². The largest absolute Gasteiger partial charge is 0.493 e. The molecule has 0 saturated carbocycles. The minimum absolute atomic E-state index is 0.0753. The highest BCUT2D eigenvalue weighted by atomic mass is 16.5. The molecule has 22 heavy (non-hydrogen) atoms. The van der Waals surface area contributed by atoms with Crippen LogP contribution < -0.4 is 10.1 Å². The lowest BCUT2D eigenvalue weighted by atomic mass is 10.0. The van der Waals surface area contributed by atoms with Crippen molar-refractivity contribution in [2.45, 2.75) is 12.8 Å². The zero-order valence-electron chi connectivity index (χ0n) is 12.9. The van der Waals surface area contributed by atoms with Crippen molar-refractivity contribution in [1.82, 2.24) is 10.2 Å². The number of piperidine rings is 1. The minimum Gasteiger partial charge on any atom is -0.493 e. The van der Waals surface area contributed by atoms with Gasteiger partial charge in [0.25, 0.3) is 5.91 Å². The highest BCUT2D eigenvalue weighted by Crippen LogP contribution is 2.17. The summed E-state index contributed by atoms with van der Waals surface area (Å²) in [5.41, 5.74) is 0.716. The van der Waals surface area contributed by atoms with Crippen LogP contribution in [0.3, 0.4) is 0 Å². The molecule has 1 amide bonds. The van der Waals surface area contributed by atoms with Gasteiger partial charge in [0, 0.05) is 31.1 Å². The smallest absolute Gasteiger partial charge is 0.254 e. The molecule has 2 saturated heterocycles. The predicted octanol–water partition coefficient (Wildman–Crippen LogP) is 1.54. The summed E-state index contributed by atoms with van der Waals surface area (Å²) < 4.78 is 11.1. The van der Waals surface area contributed by atoms with Gasteiger partial charge in [-0.1, -0.05) is 0 Å². The van der Waals surface area contributed by atoms with E-state index < -0.39 is 0 Å². The van der Waals surface area contributed by atoms with Crippen molar-refractivity contribution in [3.05, 3.63) is 29.8 Å². The molecule has 0 bridgehead atoms. The Morgan fingerprint density at radius 2 is 2.05 bits per heavy atom. The lowest BCUT2D eigenvalue weighted by molar-refractivity contribution is 0.0303. The Hall–Kier alpha value is -1.59. The number of ether oxygens (including phenoxy) is 2. The highest BCUT2D eigenvalue weighted by molar-refractivity contribution is 5.94. The monoisotopic (exact) mass is 304 g/mol. The summed E-state index contributed by atoms with van der Waals surface area (Å²) >= 11 is 0. The Kier molecular flexibility index (Phi) is 5.29. The average molecular weight is 304 g/mol. The molecule has 0 spiro atoms. The first-order valence-corrected chi connectivity index (χ1v) is 8.13. The van der Waals surface area contributed by atoms with E-state index in [1.54, 1.807) is 0 Å². The SMILES string of the molecule is O=C(c1ccc(OC[C@H]2CCCNC2)cc1)N1CCOCC1. The second kappa shape index (κ2) is 7.61. The van der Waals surface area contributed by atoms with E-state index in [-0.39, 0.29) is 5.91 Å². The van der Waals surface area contributed by atoms with Crippen LogP contribution in [-0.4, -0.2) is 56.8 Å². The Balaban J connectivity index is 1.51. The average Bonchev–Trinajstić information content (AvgIpc) is 2.61. The maximum Gasteiger partial charge on any atom is 0.254 e. The zero-order valence-corrected chi connectivity index (χ0v) is 12.9. The molecule has 120 valence electrons. The van der Waals surface area contributed by atoms with Crippen LogP contribution in [0.5, 0.6) is 5.75 Å². The van der Waals surface area contributed by atoms with E-state index in [2.05, 4.69) is 5.32 Å². The maximum absolute atomic E-state index is 12.3. The van der Waals surface area contributed by atoms with Crippen LogP contribution in [-0.2, 0) is 4.74 Å². The first-order chi connectivity index (χ1) is 10.8. The number of carbonyl (C=O) groups excluding carboxylic acids is 1. The van der Waals surface area contributed by atoms with E-state index >= 15 is 0 Å². The number of hydrogen-bond acceptors (Lipinski definition) is 4. The molecule has 0 radical (unpaired) electrons. The molecule has 1 aromatic carbocycles. The highest BCUT2D eigenvalue weighted by Gasteiger charge is 2.18. The summed E-state index contributed by atoms with van der Waals surface area (Å²) in [6.07, 6.45) is 2.45. The molecule has 0 unspecified atom stereocenters. The van der Waals surface area contributed by atoms with Crippen molar-refractivity contribution >= 4 is 5.91 Å². The van der Waals surface area contributed by atoms with Gasteiger partial charge < -0.3 is 19.7 Å². The summed E-state index contributed by atoms with van der Waals surface area (Å²) in [4.78, 5) is 14.2. The quantitative estimate of drug-likeness (QED) is 0.917. The number of morpholine rings is 1. The van der Waals surface area contributed by atoms with Crippen LogP contribution in [0.1, 0.15) is 23.2 Å². The molecule has 1 N–H and O–H groups in total. The van der Waals surface area contributed by atoms with Gasteiger partial charge in [-0.05, 0) is 43.7 Å². The Morgan fingerprint density at radius 3 is 2.73 bits per heavy atom. The Bertz CT molecular complexity index is 477. The molecule has 1 atom stereocenters. The summed E-state index contributed by atoms with van der Waals surface area (Å²) in [5, 5.41) is 3.39. The van der Waals surface area contributed by atoms with E-state index in [0.29, 0.717) is 37.8 Å².